The Hall–Kier alpha value is -0.120. The highest BCUT2D eigenvalue weighted by molar-refractivity contribution is 4.79. The molecule has 0 spiro atoms. The highest BCUT2D eigenvalue weighted by Crippen LogP contribution is 2.12. The third-order valence-electron chi connectivity index (χ3n) is 2.16. The molecule has 0 aromatic rings. The van der Waals surface area contributed by atoms with Crippen molar-refractivity contribution in [3.63, 3.8) is 0 Å². The number of β-amino-alcohol motifs (C(OH)–C–C–N with tert-alkyl or cyclic N) is 2. The average molecular weight is 159 g/mol. The highest BCUT2D eigenvalue weighted by atomic mass is 16.3. The van der Waals surface area contributed by atoms with Crippen molar-refractivity contribution in [3.05, 3.63) is 0 Å². The monoisotopic (exact) mass is 159 g/mol. The van der Waals surface area contributed by atoms with Gasteiger partial charge in [0.15, 0.2) is 0 Å². The lowest BCUT2D eigenvalue weighted by Gasteiger charge is -2.35. The maximum Gasteiger partial charge on any atom is 0.0692 e. The first-order valence-electron chi connectivity index (χ1n) is 4.19. The van der Waals surface area contributed by atoms with Gasteiger partial charge in [-0.3, -0.25) is 4.90 Å². The number of aliphatic hydroxyl groups excluding tert-OH is 2. The number of hydrogen-bond donors (Lipinski definition) is 2. The molecular weight excluding hydrogens is 142 g/mol. The number of piperidine rings is 1. The van der Waals surface area contributed by atoms with Crippen molar-refractivity contribution in [2.24, 2.45) is 0 Å². The Labute approximate surface area is 67.6 Å². The normalized spacial score (nSPS) is 34.6. The van der Waals surface area contributed by atoms with E-state index < -0.39 is 0 Å². The van der Waals surface area contributed by atoms with Crippen LogP contribution in [0.3, 0.4) is 0 Å². The minimum absolute atomic E-state index is 0.346. The molecule has 0 unspecified atom stereocenters. The summed E-state index contributed by atoms with van der Waals surface area (Å²) in [4.78, 5) is 2.10. The van der Waals surface area contributed by atoms with E-state index in [1.54, 1.807) is 0 Å². The largest absolute Gasteiger partial charge is 0.392 e. The van der Waals surface area contributed by atoms with Crippen molar-refractivity contribution in [3.8, 4) is 0 Å². The van der Waals surface area contributed by atoms with Crippen LogP contribution in [0.4, 0.5) is 0 Å². The van der Waals surface area contributed by atoms with Crippen LogP contribution >= 0.6 is 0 Å². The van der Waals surface area contributed by atoms with Crippen LogP contribution in [-0.4, -0.2) is 46.5 Å². The lowest BCUT2D eigenvalue weighted by molar-refractivity contribution is -0.0192. The molecule has 1 fully saturated rings. The average Bonchev–Trinajstić information content (AvgIpc) is 1.85. The maximum atomic E-state index is 9.30. The number of nitrogens with zero attached hydrogens (tertiary/aromatic N) is 1. The second-order valence-electron chi connectivity index (χ2n) is 3.59. The summed E-state index contributed by atoms with van der Waals surface area (Å²) in [6.07, 6.45) is -0.161. The molecule has 3 nitrogen and oxygen atoms in total. The van der Waals surface area contributed by atoms with Crippen molar-refractivity contribution in [1.82, 2.24) is 4.90 Å². The van der Waals surface area contributed by atoms with Crippen LogP contribution in [0.1, 0.15) is 20.3 Å². The molecule has 0 aromatic carbocycles. The Morgan fingerprint density at radius 3 is 2.00 bits per heavy atom. The SMILES string of the molecule is CC(C)N1C[C@@H](O)C[C@H](O)C1. The molecule has 1 aliphatic heterocycles. The van der Waals surface area contributed by atoms with E-state index in [1.165, 1.54) is 0 Å². The molecule has 2 N–H and O–H groups in total. The van der Waals surface area contributed by atoms with Crippen molar-refractivity contribution in [2.45, 2.75) is 38.5 Å². The van der Waals surface area contributed by atoms with Gasteiger partial charge in [-0.25, -0.2) is 0 Å². The molecule has 2 atom stereocenters. The zero-order chi connectivity index (χ0) is 8.43. The van der Waals surface area contributed by atoms with Crippen molar-refractivity contribution in [2.75, 3.05) is 13.1 Å². The van der Waals surface area contributed by atoms with Crippen molar-refractivity contribution in [1.29, 1.82) is 0 Å². The number of aliphatic hydroxyl groups is 2. The van der Waals surface area contributed by atoms with E-state index in [0.29, 0.717) is 25.6 Å². The third-order valence-corrected chi connectivity index (χ3v) is 2.16. The summed E-state index contributed by atoms with van der Waals surface area (Å²) in [7, 11) is 0. The third kappa shape index (κ3) is 2.43. The van der Waals surface area contributed by atoms with Crippen LogP contribution in [0.5, 0.6) is 0 Å². The molecule has 1 heterocycles. The van der Waals surface area contributed by atoms with Crippen molar-refractivity contribution >= 4 is 0 Å². The lowest BCUT2D eigenvalue weighted by Crippen LogP contribution is -2.48. The van der Waals surface area contributed by atoms with Crippen LogP contribution in [-0.2, 0) is 0 Å². The van der Waals surface area contributed by atoms with E-state index in [0.717, 1.165) is 0 Å². The molecule has 3 heteroatoms. The zero-order valence-corrected chi connectivity index (χ0v) is 7.20. The van der Waals surface area contributed by atoms with Gasteiger partial charge in [0.05, 0.1) is 12.2 Å². The molecule has 1 saturated heterocycles. The summed E-state index contributed by atoms with van der Waals surface area (Å²) < 4.78 is 0. The Kier molecular flexibility index (Phi) is 2.87. The van der Waals surface area contributed by atoms with E-state index in [9.17, 15) is 10.2 Å². The van der Waals surface area contributed by atoms with Gasteiger partial charge in [-0.05, 0) is 13.8 Å². The van der Waals surface area contributed by atoms with Crippen LogP contribution in [0.15, 0.2) is 0 Å². The van der Waals surface area contributed by atoms with E-state index in [1.807, 2.05) is 0 Å². The number of hydrogen-bond acceptors (Lipinski definition) is 3. The lowest BCUT2D eigenvalue weighted by atomic mass is 10.0. The molecular formula is C8H17NO2. The minimum atomic E-state index is -0.346. The van der Waals surface area contributed by atoms with Gasteiger partial charge in [0.2, 0.25) is 0 Å². The topological polar surface area (TPSA) is 43.7 Å². The first-order valence-corrected chi connectivity index (χ1v) is 4.19. The fraction of sp³-hybridized carbons (Fsp3) is 1.00. The minimum Gasteiger partial charge on any atom is -0.392 e. The van der Waals surface area contributed by atoms with E-state index in [2.05, 4.69) is 18.7 Å². The molecule has 1 rings (SSSR count). The fourth-order valence-corrected chi connectivity index (χ4v) is 1.50. The van der Waals surface area contributed by atoms with E-state index in [-0.39, 0.29) is 12.2 Å². The quantitative estimate of drug-likeness (QED) is 0.558. The zero-order valence-electron chi connectivity index (χ0n) is 7.20. The molecule has 0 aromatic heterocycles. The smallest absolute Gasteiger partial charge is 0.0692 e. The second-order valence-corrected chi connectivity index (χ2v) is 3.59. The molecule has 1 aliphatic rings. The number of likely N-dealkylation sites (tertiary alicyclic amines) is 1. The Bertz CT molecular complexity index is 117. The summed E-state index contributed by atoms with van der Waals surface area (Å²) in [5.74, 6) is 0. The molecule has 0 bridgehead atoms. The van der Waals surface area contributed by atoms with Crippen molar-refractivity contribution < 1.29 is 10.2 Å². The molecule has 0 radical (unpaired) electrons. The fourth-order valence-electron chi connectivity index (χ4n) is 1.50. The van der Waals surface area contributed by atoms with Gasteiger partial charge in [0.25, 0.3) is 0 Å². The molecule has 66 valence electrons. The van der Waals surface area contributed by atoms with Crippen LogP contribution in [0.2, 0.25) is 0 Å². The Morgan fingerprint density at radius 1 is 1.18 bits per heavy atom. The van der Waals surface area contributed by atoms with Gasteiger partial charge < -0.3 is 10.2 Å². The number of rotatable bonds is 1. The first-order chi connectivity index (χ1) is 5.09. The van der Waals surface area contributed by atoms with E-state index >= 15 is 0 Å². The van der Waals surface area contributed by atoms with Gasteiger partial charge >= 0.3 is 0 Å². The van der Waals surface area contributed by atoms with Crippen LogP contribution in [0.25, 0.3) is 0 Å². The molecule has 11 heavy (non-hydrogen) atoms. The highest BCUT2D eigenvalue weighted by Gasteiger charge is 2.25. The van der Waals surface area contributed by atoms with Gasteiger partial charge in [-0.1, -0.05) is 0 Å². The first kappa shape index (κ1) is 8.97. The summed E-state index contributed by atoms with van der Waals surface area (Å²) in [5, 5.41) is 18.6. The second kappa shape index (κ2) is 3.52. The van der Waals surface area contributed by atoms with E-state index in [4.69, 9.17) is 0 Å². The van der Waals surface area contributed by atoms with Gasteiger partial charge in [-0.2, -0.15) is 0 Å². The predicted octanol–water partition coefficient (Wildman–Crippen LogP) is -0.178. The van der Waals surface area contributed by atoms with Gasteiger partial charge in [0, 0.05) is 25.6 Å². The Morgan fingerprint density at radius 2 is 1.64 bits per heavy atom. The standard InChI is InChI=1S/C8H17NO2/c1-6(2)9-4-7(10)3-8(11)5-9/h6-8,10-11H,3-5H2,1-2H3/t7-,8-/m0/s1. The Balaban J connectivity index is 2.43. The van der Waals surface area contributed by atoms with Gasteiger partial charge in [0.1, 0.15) is 0 Å². The summed E-state index contributed by atoms with van der Waals surface area (Å²) in [6.45, 7) is 5.55. The van der Waals surface area contributed by atoms with Crippen LogP contribution in [0, 0.1) is 0 Å². The maximum absolute atomic E-state index is 9.30. The summed E-state index contributed by atoms with van der Waals surface area (Å²) >= 11 is 0. The van der Waals surface area contributed by atoms with Crippen LogP contribution < -0.4 is 0 Å². The molecule has 0 saturated carbocycles. The molecule has 0 amide bonds. The van der Waals surface area contributed by atoms with Gasteiger partial charge in [-0.15, -0.1) is 0 Å². The summed E-state index contributed by atoms with van der Waals surface area (Å²) in [5.41, 5.74) is 0. The predicted molar refractivity (Wildman–Crippen MR) is 43.3 cm³/mol. The summed E-state index contributed by atoms with van der Waals surface area (Å²) in [6, 6.07) is 0.416. The molecule has 0 aliphatic carbocycles.